The van der Waals surface area contributed by atoms with E-state index < -0.39 is 0 Å². The number of hydrogen-bond donors (Lipinski definition) is 2. The predicted octanol–water partition coefficient (Wildman–Crippen LogP) is 5.73. The summed E-state index contributed by atoms with van der Waals surface area (Å²) >= 11 is 13.0. The van der Waals surface area contributed by atoms with Crippen LogP contribution >= 0.6 is 35.6 Å². The molecule has 0 bridgehead atoms. The number of nitrogen functional groups attached to an aromatic ring is 1. The third kappa shape index (κ3) is 5.11. The van der Waals surface area contributed by atoms with Crippen LogP contribution in [-0.2, 0) is 0 Å². The number of benzene rings is 2. The second-order valence-electron chi connectivity index (χ2n) is 7.06. The molecule has 3 N–H and O–H groups in total. The average Bonchev–Trinajstić information content (AvgIpc) is 3.51. The van der Waals surface area contributed by atoms with Crippen LogP contribution in [0.4, 0.5) is 17.6 Å². The number of nitrogens with zero attached hydrogens (tertiary/aromatic N) is 4. The van der Waals surface area contributed by atoms with Crippen molar-refractivity contribution in [1.29, 1.82) is 5.26 Å². The Morgan fingerprint density at radius 3 is 2.33 bits per heavy atom. The minimum absolute atomic E-state index is 0. The lowest BCUT2D eigenvalue weighted by atomic mass is 9.92. The summed E-state index contributed by atoms with van der Waals surface area (Å²) in [6, 6.07) is 14.6. The highest BCUT2D eigenvalue weighted by molar-refractivity contribution is 6.36. The summed E-state index contributed by atoms with van der Waals surface area (Å²) in [5.74, 6) is 1.42. The highest BCUT2D eigenvalue weighted by Crippen LogP contribution is 2.44. The molecule has 3 aromatic rings. The summed E-state index contributed by atoms with van der Waals surface area (Å²) in [7, 11) is 0. The summed E-state index contributed by atoms with van der Waals surface area (Å²) < 4.78 is 0. The van der Waals surface area contributed by atoms with Gasteiger partial charge in [-0.2, -0.15) is 20.2 Å². The predicted molar refractivity (Wildman–Crippen MR) is 122 cm³/mol. The topological polar surface area (TPSA) is 101 Å². The van der Waals surface area contributed by atoms with E-state index in [4.69, 9.17) is 34.2 Å². The molecular formula is C21H19Cl3N6. The van der Waals surface area contributed by atoms with Gasteiger partial charge in [0.25, 0.3) is 0 Å². The summed E-state index contributed by atoms with van der Waals surface area (Å²) in [5.41, 5.74) is 8.12. The SMILES string of the molecule is Cl.N#Cc1ccc(Nc2nc(N)nc(C(CC3CC3)c3c(Cl)cccc3Cl)n2)cc1. The van der Waals surface area contributed by atoms with Crippen LogP contribution < -0.4 is 11.1 Å². The number of anilines is 3. The van der Waals surface area contributed by atoms with Gasteiger partial charge in [-0.25, -0.2) is 0 Å². The van der Waals surface area contributed by atoms with Crippen molar-refractivity contribution in [3.8, 4) is 6.07 Å². The Morgan fingerprint density at radius 2 is 1.73 bits per heavy atom. The minimum Gasteiger partial charge on any atom is -0.368 e. The van der Waals surface area contributed by atoms with Crippen LogP contribution in [-0.4, -0.2) is 15.0 Å². The van der Waals surface area contributed by atoms with Gasteiger partial charge in [0, 0.05) is 27.2 Å². The summed E-state index contributed by atoms with van der Waals surface area (Å²) in [6.45, 7) is 0. The van der Waals surface area contributed by atoms with Gasteiger partial charge in [-0.15, -0.1) is 12.4 Å². The average molecular weight is 462 g/mol. The monoisotopic (exact) mass is 460 g/mol. The van der Waals surface area contributed by atoms with Crippen molar-refractivity contribution in [2.24, 2.45) is 5.92 Å². The molecule has 1 saturated carbocycles. The molecule has 1 aliphatic carbocycles. The molecule has 1 fully saturated rings. The molecule has 2 aromatic carbocycles. The van der Waals surface area contributed by atoms with Gasteiger partial charge in [0.1, 0.15) is 5.82 Å². The fourth-order valence-electron chi connectivity index (χ4n) is 3.26. The van der Waals surface area contributed by atoms with Gasteiger partial charge in [0.05, 0.1) is 11.6 Å². The number of nitrogens with two attached hydrogens (primary N) is 1. The smallest absolute Gasteiger partial charge is 0.232 e. The van der Waals surface area contributed by atoms with Gasteiger partial charge in [-0.05, 0) is 48.7 Å². The first-order valence-electron chi connectivity index (χ1n) is 9.26. The molecule has 1 heterocycles. The first-order chi connectivity index (χ1) is 14.0. The molecule has 1 aromatic heterocycles. The normalized spacial score (nSPS) is 13.8. The Kier molecular flexibility index (Phi) is 6.99. The maximum atomic E-state index is 8.94. The number of nitrogens with one attached hydrogen (secondary N) is 1. The van der Waals surface area contributed by atoms with E-state index in [2.05, 4.69) is 26.3 Å². The van der Waals surface area contributed by atoms with E-state index in [9.17, 15) is 0 Å². The lowest BCUT2D eigenvalue weighted by Gasteiger charge is -2.19. The van der Waals surface area contributed by atoms with Gasteiger partial charge < -0.3 is 11.1 Å². The van der Waals surface area contributed by atoms with Crippen LogP contribution in [0.1, 0.15) is 42.1 Å². The molecule has 1 unspecified atom stereocenters. The van der Waals surface area contributed by atoms with Crippen LogP contribution in [0.2, 0.25) is 10.0 Å². The van der Waals surface area contributed by atoms with E-state index in [0.29, 0.717) is 33.3 Å². The van der Waals surface area contributed by atoms with Gasteiger partial charge in [0.15, 0.2) is 0 Å². The Hall–Kier alpha value is -2.59. The van der Waals surface area contributed by atoms with Crippen molar-refractivity contribution in [2.75, 3.05) is 11.1 Å². The van der Waals surface area contributed by atoms with E-state index in [1.54, 1.807) is 24.3 Å². The van der Waals surface area contributed by atoms with Crippen molar-refractivity contribution in [3.05, 3.63) is 69.5 Å². The van der Waals surface area contributed by atoms with Gasteiger partial charge >= 0.3 is 0 Å². The lowest BCUT2D eigenvalue weighted by Crippen LogP contribution is -2.13. The maximum Gasteiger partial charge on any atom is 0.232 e. The molecule has 1 aliphatic rings. The molecule has 4 rings (SSSR count). The zero-order valence-corrected chi connectivity index (χ0v) is 18.2. The summed E-state index contributed by atoms with van der Waals surface area (Å²) in [6.07, 6.45) is 3.20. The highest BCUT2D eigenvalue weighted by atomic mass is 35.5. The van der Waals surface area contributed by atoms with Crippen LogP contribution in [0.3, 0.4) is 0 Å². The number of nitriles is 1. The molecule has 0 aliphatic heterocycles. The van der Waals surface area contributed by atoms with Crippen molar-refractivity contribution in [2.45, 2.75) is 25.2 Å². The Morgan fingerprint density at radius 1 is 1.07 bits per heavy atom. The van der Waals surface area contributed by atoms with Crippen molar-refractivity contribution in [1.82, 2.24) is 15.0 Å². The fourth-order valence-corrected chi connectivity index (χ4v) is 3.92. The molecule has 0 amide bonds. The maximum absolute atomic E-state index is 8.94. The molecule has 0 radical (unpaired) electrons. The zero-order chi connectivity index (χ0) is 20.4. The minimum atomic E-state index is -0.171. The van der Waals surface area contributed by atoms with E-state index in [-0.39, 0.29) is 24.3 Å². The fraction of sp³-hybridized carbons (Fsp3) is 0.238. The van der Waals surface area contributed by atoms with E-state index in [1.165, 1.54) is 12.8 Å². The molecule has 9 heteroatoms. The summed E-state index contributed by atoms with van der Waals surface area (Å²) in [5, 5.41) is 13.2. The van der Waals surface area contributed by atoms with Crippen LogP contribution in [0.15, 0.2) is 42.5 Å². The van der Waals surface area contributed by atoms with E-state index in [0.717, 1.165) is 17.7 Å². The molecule has 30 heavy (non-hydrogen) atoms. The standard InChI is InChI=1S/C21H18Cl2N6.ClH/c22-16-2-1-3-17(23)18(16)15(10-12-4-5-12)19-27-20(25)29-21(28-19)26-14-8-6-13(11-24)7-9-14;/h1-3,6-9,12,15H,4-5,10H2,(H3,25,26,27,28,29);1H. The third-order valence-corrected chi connectivity index (χ3v) is 5.53. The second-order valence-corrected chi connectivity index (χ2v) is 7.87. The molecule has 154 valence electrons. The third-order valence-electron chi connectivity index (χ3n) is 4.87. The van der Waals surface area contributed by atoms with Gasteiger partial charge in [-0.3, -0.25) is 0 Å². The van der Waals surface area contributed by atoms with Gasteiger partial charge in [-0.1, -0.05) is 42.1 Å². The Bertz CT molecular complexity index is 1060. The number of rotatable bonds is 6. The van der Waals surface area contributed by atoms with E-state index in [1.807, 2.05) is 18.2 Å². The quantitative estimate of drug-likeness (QED) is 0.486. The number of hydrogen-bond acceptors (Lipinski definition) is 6. The van der Waals surface area contributed by atoms with Crippen LogP contribution in [0.5, 0.6) is 0 Å². The molecule has 1 atom stereocenters. The number of halogens is 3. The molecule has 0 saturated heterocycles. The zero-order valence-electron chi connectivity index (χ0n) is 15.8. The lowest BCUT2D eigenvalue weighted by molar-refractivity contribution is 0.616. The molecule has 6 nitrogen and oxygen atoms in total. The number of aromatic nitrogens is 3. The van der Waals surface area contributed by atoms with Crippen LogP contribution in [0.25, 0.3) is 0 Å². The summed E-state index contributed by atoms with van der Waals surface area (Å²) in [4.78, 5) is 13.2. The Balaban J connectivity index is 0.00000256. The van der Waals surface area contributed by atoms with Crippen LogP contribution in [0, 0.1) is 17.2 Å². The molecular weight excluding hydrogens is 443 g/mol. The van der Waals surface area contributed by atoms with Crippen molar-refractivity contribution in [3.63, 3.8) is 0 Å². The first-order valence-corrected chi connectivity index (χ1v) is 10.0. The van der Waals surface area contributed by atoms with Crippen molar-refractivity contribution >= 4 is 53.2 Å². The Labute approximate surface area is 190 Å². The first kappa shape index (κ1) is 22.1. The second kappa shape index (κ2) is 9.48. The highest BCUT2D eigenvalue weighted by Gasteiger charge is 2.31. The van der Waals surface area contributed by atoms with E-state index >= 15 is 0 Å². The molecule has 0 spiro atoms. The van der Waals surface area contributed by atoms with Gasteiger partial charge in [0.2, 0.25) is 11.9 Å². The largest absolute Gasteiger partial charge is 0.368 e. The van der Waals surface area contributed by atoms with Crippen molar-refractivity contribution < 1.29 is 0 Å².